The van der Waals surface area contributed by atoms with Crippen molar-refractivity contribution >= 4 is 0 Å². The van der Waals surface area contributed by atoms with E-state index < -0.39 is 0 Å². The summed E-state index contributed by atoms with van der Waals surface area (Å²) in [5.74, 6) is 0.673. The summed E-state index contributed by atoms with van der Waals surface area (Å²) in [5, 5.41) is 0. The van der Waals surface area contributed by atoms with Crippen LogP contribution in [0.15, 0.2) is 18.2 Å². The van der Waals surface area contributed by atoms with Crippen LogP contribution >= 0.6 is 0 Å². The quantitative estimate of drug-likeness (QED) is 0.621. The summed E-state index contributed by atoms with van der Waals surface area (Å²) in [6.45, 7) is 8.54. The third-order valence-corrected chi connectivity index (χ3v) is 3.04. The van der Waals surface area contributed by atoms with Crippen molar-refractivity contribution in [2.24, 2.45) is 0 Å². The van der Waals surface area contributed by atoms with Crippen molar-refractivity contribution in [3.8, 4) is 0 Å². The molecule has 0 fully saturated rings. The Bertz CT molecular complexity index is 297. The summed E-state index contributed by atoms with van der Waals surface area (Å²) >= 11 is 0. The van der Waals surface area contributed by atoms with Gasteiger partial charge >= 0.3 is 0 Å². The van der Waals surface area contributed by atoms with Gasteiger partial charge in [-0.2, -0.15) is 0 Å². The van der Waals surface area contributed by atoms with E-state index in [-0.39, 0.29) is 0 Å². The maximum absolute atomic E-state index is 2.42. The fourth-order valence-corrected chi connectivity index (χ4v) is 2.11. The van der Waals surface area contributed by atoms with Crippen LogP contribution in [0.5, 0.6) is 0 Å². The van der Waals surface area contributed by atoms with E-state index in [2.05, 4.69) is 32.0 Å². The molecule has 0 N–H and O–H groups in total. The molecule has 0 aliphatic heterocycles. The summed E-state index contributed by atoms with van der Waals surface area (Å²) in [4.78, 5) is 0. The Hall–Kier alpha value is -0.780. The minimum absolute atomic E-state index is 0.673. The molecule has 1 aromatic rings. The van der Waals surface area contributed by atoms with Crippen molar-refractivity contribution in [1.29, 1.82) is 0 Å². The first-order chi connectivity index (χ1) is 7.27. The van der Waals surface area contributed by atoms with Gasteiger partial charge in [0.15, 0.2) is 0 Å². The smallest absolute Gasteiger partial charge is 0.0219 e. The highest BCUT2D eigenvalue weighted by Crippen LogP contribution is 2.25. The summed E-state index contributed by atoms with van der Waals surface area (Å²) in [6, 6.07) is 7.05. The van der Waals surface area contributed by atoms with Crippen LogP contribution in [0.1, 0.15) is 63.1 Å². The van der Waals surface area contributed by atoms with Gasteiger partial charge in [-0.25, -0.2) is 0 Å². The van der Waals surface area contributed by atoms with Crippen molar-refractivity contribution in [3.63, 3.8) is 0 Å². The van der Waals surface area contributed by atoms with Crippen LogP contribution in [0.4, 0.5) is 0 Å². The Balaban J connectivity index is 0.000000531. The standard InChI is InChI=1S/C13H18.C2H6/c1-10(2)12-8-7-11-5-3-4-6-13(11)9-12;1-2/h7-10H,3-6H2,1-2H3;1-2H3. The van der Waals surface area contributed by atoms with Crippen molar-refractivity contribution in [2.75, 3.05) is 0 Å². The maximum atomic E-state index is 2.42. The fourth-order valence-electron chi connectivity index (χ4n) is 2.11. The zero-order valence-corrected chi connectivity index (χ0v) is 10.6. The van der Waals surface area contributed by atoms with Gasteiger partial charge in [-0.15, -0.1) is 0 Å². The Morgan fingerprint density at radius 1 is 0.933 bits per heavy atom. The molecule has 2 rings (SSSR count). The van der Waals surface area contributed by atoms with Crippen molar-refractivity contribution in [2.45, 2.75) is 59.3 Å². The molecule has 0 aromatic heterocycles. The molecule has 0 atom stereocenters. The summed E-state index contributed by atoms with van der Waals surface area (Å²) < 4.78 is 0. The molecule has 0 saturated heterocycles. The van der Waals surface area contributed by atoms with Crippen LogP contribution in [-0.2, 0) is 12.8 Å². The second-order valence-electron chi connectivity index (χ2n) is 4.39. The topological polar surface area (TPSA) is 0 Å². The molecule has 0 spiro atoms. The van der Waals surface area contributed by atoms with E-state index in [1.54, 1.807) is 11.1 Å². The average molecular weight is 204 g/mol. The number of hydrogen-bond donors (Lipinski definition) is 0. The summed E-state index contributed by atoms with van der Waals surface area (Å²) in [6.07, 6.45) is 5.37. The van der Waals surface area contributed by atoms with Gasteiger partial charge in [0.05, 0.1) is 0 Å². The molecule has 0 heteroatoms. The van der Waals surface area contributed by atoms with Crippen LogP contribution in [0.2, 0.25) is 0 Å². The SMILES string of the molecule is CC.CC(C)c1ccc2c(c1)CCCC2. The van der Waals surface area contributed by atoms with E-state index in [9.17, 15) is 0 Å². The minimum atomic E-state index is 0.673. The lowest BCUT2D eigenvalue weighted by molar-refractivity contribution is 0.682. The first kappa shape index (κ1) is 12.3. The van der Waals surface area contributed by atoms with Crippen molar-refractivity contribution in [1.82, 2.24) is 0 Å². The lowest BCUT2D eigenvalue weighted by atomic mass is 9.88. The third kappa shape index (κ3) is 3.09. The van der Waals surface area contributed by atoms with Gasteiger partial charge in [-0.1, -0.05) is 45.9 Å². The molecule has 15 heavy (non-hydrogen) atoms. The molecular formula is C15H24. The normalized spacial score (nSPS) is 14.2. The molecular weight excluding hydrogens is 180 g/mol. The van der Waals surface area contributed by atoms with Gasteiger partial charge in [-0.3, -0.25) is 0 Å². The highest BCUT2D eigenvalue weighted by Gasteiger charge is 2.10. The van der Waals surface area contributed by atoms with Gasteiger partial charge in [-0.05, 0) is 48.3 Å². The Kier molecular flexibility index (Phi) is 4.87. The lowest BCUT2D eigenvalue weighted by Gasteiger charge is -2.17. The van der Waals surface area contributed by atoms with Gasteiger partial charge < -0.3 is 0 Å². The lowest BCUT2D eigenvalue weighted by Crippen LogP contribution is -2.03. The van der Waals surface area contributed by atoms with Crippen molar-refractivity contribution in [3.05, 3.63) is 34.9 Å². The molecule has 0 unspecified atom stereocenters. The van der Waals surface area contributed by atoms with Crippen molar-refractivity contribution < 1.29 is 0 Å². The molecule has 0 bridgehead atoms. The summed E-state index contributed by atoms with van der Waals surface area (Å²) in [5.41, 5.74) is 4.70. The highest BCUT2D eigenvalue weighted by molar-refractivity contribution is 5.34. The second-order valence-corrected chi connectivity index (χ2v) is 4.39. The van der Waals surface area contributed by atoms with E-state index in [0.717, 1.165) is 0 Å². The first-order valence-corrected chi connectivity index (χ1v) is 6.39. The van der Waals surface area contributed by atoms with Gasteiger partial charge in [0.25, 0.3) is 0 Å². The van der Waals surface area contributed by atoms with Gasteiger partial charge in [0, 0.05) is 0 Å². The number of benzene rings is 1. The van der Waals surface area contributed by atoms with Gasteiger partial charge in [0.2, 0.25) is 0 Å². The summed E-state index contributed by atoms with van der Waals surface area (Å²) in [7, 11) is 0. The minimum Gasteiger partial charge on any atom is -0.0683 e. The van der Waals surface area contributed by atoms with E-state index in [1.165, 1.54) is 31.2 Å². The first-order valence-electron chi connectivity index (χ1n) is 6.39. The van der Waals surface area contributed by atoms with E-state index in [1.807, 2.05) is 13.8 Å². The number of fused-ring (bicyclic) bond motifs is 1. The molecule has 1 aliphatic rings. The fraction of sp³-hybridized carbons (Fsp3) is 0.600. The van der Waals surface area contributed by atoms with Gasteiger partial charge in [0.1, 0.15) is 0 Å². The molecule has 0 heterocycles. The Labute approximate surface area is 94.7 Å². The van der Waals surface area contributed by atoms with Crippen LogP contribution in [0.3, 0.4) is 0 Å². The number of hydrogen-bond acceptors (Lipinski definition) is 0. The predicted octanol–water partition coefficient (Wildman–Crippen LogP) is 4.72. The molecule has 0 nitrogen and oxygen atoms in total. The zero-order chi connectivity index (χ0) is 11.3. The van der Waals surface area contributed by atoms with E-state index >= 15 is 0 Å². The molecule has 0 saturated carbocycles. The predicted molar refractivity (Wildman–Crippen MR) is 68.5 cm³/mol. The Morgan fingerprint density at radius 2 is 1.53 bits per heavy atom. The molecule has 1 aromatic carbocycles. The number of aryl methyl sites for hydroxylation is 2. The molecule has 0 amide bonds. The molecule has 84 valence electrons. The van der Waals surface area contributed by atoms with Crippen LogP contribution < -0.4 is 0 Å². The molecule has 0 radical (unpaired) electrons. The number of rotatable bonds is 1. The third-order valence-electron chi connectivity index (χ3n) is 3.04. The monoisotopic (exact) mass is 204 g/mol. The molecule has 1 aliphatic carbocycles. The largest absolute Gasteiger partial charge is 0.0683 e. The Morgan fingerprint density at radius 3 is 2.13 bits per heavy atom. The zero-order valence-electron chi connectivity index (χ0n) is 10.6. The van der Waals surface area contributed by atoms with Crippen LogP contribution in [0, 0.1) is 0 Å². The van der Waals surface area contributed by atoms with Crippen LogP contribution in [0.25, 0.3) is 0 Å². The average Bonchev–Trinajstić information content (AvgIpc) is 2.31. The van der Waals surface area contributed by atoms with E-state index in [0.29, 0.717) is 5.92 Å². The maximum Gasteiger partial charge on any atom is -0.0219 e. The van der Waals surface area contributed by atoms with E-state index in [4.69, 9.17) is 0 Å². The van der Waals surface area contributed by atoms with Crippen LogP contribution in [-0.4, -0.2) is 0 Å². The second kappa shape index (κ2) is 5.95. The highest BCUT2D eigenvalue weighted by atomic mass is 14.1.